The van der Waals surface area contributed by atoms with Crippen molar-refractivity contribution in [3.63, 3.8) is 0 Å². The van der Waals surface area contributed by atoms with Gasteiger partial charge in [0, 0.05) is 22.4 Å². The van der Waals surface area contributed by atoms with Crippen LogP contribution in [0.1, 0.15) is 10.5 Å². The number of nitrogens with one attached hydrogen (secondary N) is 3. The van der Waals surface area contributed by atoms with Gasteiger partial charge in [0.2, 0.25) is 5.75 Å². The summed E-state index contributed by atoms with van der Waals surface area (Å²) < 4.78 is 16.3. The van der Waals surface area contributed by atoms with Crippen molar-refractivity contribution >= 4 is 33.9 Å². The SMILES string of the molecule is COc1cc2cc(C(=O)Nc3ccc(Nc4ccccc4)cc3)[nH]c2c(OC)c1OC. The van der Waals surface area contributed by atoms with Crippen LogP contribution in [-0.2, 0) is 0 Å². The zero-order valence-electron chi connectivity index (χ0n) is 17.5. The van der Waals surface area contributed by atoms with Crippen LogP contribution in [0.5, 0.6) is 17.2 Å². The summed E-state index contributed by atoms with van der Waals surface area (Å²) in [4.78, 5) is 15.9. The summed E-state index contributed by atoms with van der Waals surface area (Å²) in [5.41, 5.74) is 3.67. The number of aromatic amines is 1. The molecule has 3 N–H and O–H groups in total. The topological polar surface area (TPSA) is 84.6 Å². The second-order valence-corrected chi connectivity index (χ2v) is 6.82. The predicted octanol–water partition coefficient (Wildman–Crippen LogP) is 5.19. The maximum Gasteiger partial charge on any atom is 0.272 e. The zero-order valence-corrected chi connectivity index (χ0v) is 17.5. The Bertz CT molecular complexity index is 1200. The van der Waals surface area contributed by atoms with Crippen LogP contribution in [-0.4, -0.2) is 32.2 Å². The van der Waals surface area contributed by atoms with Gasteiger partial charge in [-0.15, -0.1) is 0 Å². The molecule has 0 radical (unpaired) electrons. The summed E-state index contributed by atoms with van der Waals surface area (Å²) in [5, 5.41) is 6.99. The lowest BCUT2D eigenvalue weighted by Crippen LogP contribution is -2.12. The fourth-order valence-corrected chi connectivity index (χ4v) is 3.39. The lowest BCUT2D eigenvalue weighted by atomic mass is 10.2. The van der Waals surface area contributed by atoms with Crippen molar-refractivity contribution in [2.75, 3.05) is 32.0 Å². The van der Waals surface area contributed by atoms with Gasteiger partial charge < -0.3 is 29.8 Å². The van der Waals surface area contributed by atoms with Crippen molar-refractivity contribution in [3.05, 3.63) is 72.4 Å². The number of carbonyl (C=O) groups excluding carboxylic acids is 1. The van der Waals surface area contributed by atoms with Gasteiger partial charge in [-0.1, -0.05) is 18.2 Å². The quantitative estimate of drug-likeness (QED) is 0.385. The van der Waals surface area contributed by atoms with Gasteiger partial charge >= 0.3 is 0 Å². The van der Waals surface area contributed by atoms with Crippen LogP contribution >= 0.6 is 0 Å². The highest BCUT2D eigenvalue weighted by Gasteiger charge is 2.20. The number of para-hydroxylation sites is 1. The van der Waals surface area contributed by atoms with Crippen LogP contribution in [0.25, 0.3) is 10.9 Å². The van der Waals surface area contributed by atoms with E-state index in [0.29, 0.717) is 34.1 Å². The highest BCUT2D eigenvalue weighted by atomic mass is 16.5. The summed E-state index contributed by atoms with van der Waals surface area (Å²) in [7, 11) is 4.64. The second kappa shape index (κ2) is 8.71. The normalized spacial score (nSPS) is 10.5. The first-order valence-corrected chi connectivity index (χ1v) is 9.68. The second-order valence-electron chi connectivity index (χ2n) is 6.82. The molecule has 4 rings (SSSR count). The Labute approximate surface area is 179 Å². The molecule has 0 unspecified atom stereocenters. The number of anilines is 3. The lowest BCUT2D eigenvalue weighted by molar-refractivity contribution is 0.102. The molecule has 0 aliphatic carbocycles. The molecule has 0 atom stereocenters. The summed E-state index contributed by atoms with van der Waals surface area (Å²) in [6, 6.07) is 20.9. The van der Waals surface area contributed by atoms with Gasteiger partial charge in [0.1, 0.15) is 5.69 Å². The van der Waals surface area contributed by atoms with Crippen LogP contribution in [0.2, 0.25) is 0 Å². The van der Waals surface area contributed by atoms with Crippen LogP contribution in [0.3, 0.4) is 0 Å². The Morgan fingerprint density at radius 3 is 2.06 bits per heavy atom. The number of hydrogen-bond acceptors (Lipinski definition) is 5. The Balaban J connectivity index is 1.54. The zero-order chi connectivity index (χ0) is 21.8. The van der Waals surface area contributed by atoms with E-state index in [1.54, 1.807) is 33.5 Å². The molecule has 0 fully saturated rings. The van der Waals surface area contributed by atoms with E-state index in [-0.39, 0.29) is 5.91 Å². The molecule has 4 aromatic rings. The van der Waals surface area contributed by atoms with Crippen molar-refractivity contribution < 1.29 is 19.0 Å². The number of fused-ring (bicyclic) bond motifs is 1. The first kappa shape index (κ1) is 20.2. The summed E-state index contributed by atoms with van der Waals surface area (Å²) in [6.07, 6.45) is 0. The molecule has 0 aliphatic heterocycles. The lowest BCUT2D eigenvalue weighted by Gasteiger charge is -2.12. The van der Waals surface area contributed by atoms with E-state index in [9.17, 15) is 4.79 Å². The number of aromatic nitrogens is 1. The maximum atomic E-state index is 12.8. The Morgan fingerprint density at radius 1 is 0.774 bits per heavy atom. The largest absolute Gasteiger partial charge is 0.493 e. The number of hydrogen-bond donors (Lipinski definition) is 3. The molecule has 31 heavy (non-hydrogen) atoms. The van der Waals surface area contributed by atoms with Crippen LogP contribution in [0.15, 0.2) is 66.7 Å². The molecule has 0 spiro atoms. The van der Waals surface area contributed by atoms with Crippen LogP contribution < -0.4 is 24.8 Å². The van der Waals surface area contributed by atoms with E-state index < -0.39 is 0 Å². The van der Waals surface area contributed by atoms with Crippen molar-refractivity contribution in [2.24, 2.45) is 0 Å². The summed E-state index contributed by atoms with van der Waals surface area (Å²) >= 11 is 0. The van der Waals surface area contributed by atoms with Crippen molar-refractivity contribution in [1.29, 1.82) is 0 Å². The van der Waals surface area contributed by atoms with E-state index in [2.05, 4.69) is 15.6 Å². The molecule has 7 heteroatoms. The van der Waals surface area contributed by atoms with Crippen molar-refractivity contribution in [1.82, 2.24) is 4.98 Å². The number of rotatable bonds is 7. The third-order valence-corrected chi connectivity index (χ3v) is 4.87. The van der Waals surface area contributed by atoms with E-state index in [1.807, 2.05) is 54.6 Å². The smallest absolute Gasteiger partial charge is 0.272 e. The van der Waals surface area contributed by atoms with Gasteiger partial charge in [0.25, 0.3) is 5.91 Å². The minimum atomic E-state index is -0.264. The number of benzene rings is 3. The molecule has 0 saturated heterocycles. The molecular weight excluding hydrogens is 394 g/mol. The number of amides is 1. The van der Waals surface area contributed by atoms with Crippen molar-refractivity contribution in [3.8, 4) is 17.2 Å². The molecule has 158 valence electrons. The van der Waals surface area contributed by atoms with Gasteiger partial charge in [-0.3, -0.25) is 4.79 Å². The molecule has 0 bridgehead atoms. The van der Waals surface area contributed by atoms with E-state index in [0.717, 1.165) is 16.8 Å². The van der Waals surface area contributed by atoms with E-state index in [4.69, 9.17) is 14.2 Å². The molecule has 1 heterocycles. The molecule has 7 nitrogen and oxygen atoms in total. The highest BCUT2D eigenvalue weighted by Crippen LogP contribution is 2.43. The first-order valence-electron chi connectivity index (χ1n) is 9.68. The average molecular weight is 417 g/mol. The third-order valence-electron chi connectivity index (χ3n) is 4.87. The van der Waals surface area contributed by atoms with Crippen LogP contribution in [0.4, 0.5) is 17.1 Å². The average Bonchev–Trinajstić information content (AvgIpc) is 3.23. The third kappa shape index (κ3) is 4.11. The van der Waals surface area contributed by atoms with Gasteiger partial charge in [-0.25, -0.2) is 0 Å². The number of methoxy groups -OCH3 is 3. The van der Waals surface area contributed by atoms with Gasteiger partial charge in [-0.2, -0.15) is 0 Å². The van der Waals surface area contributed by atoms with E-state index in [1.165, 1.54) is 0 Å². The molecule has 1 aromatic heterocycles. The van der Waals surface area contributed by atoms with Crippen LogP contribution in [0, 0.1) is 0 Å². The fourth-order valence-electron chi connectivity index (χ4n) is 3.39. The minimum Gasteiger partial charge on any atom is -0.493 e. The molecular formula is C24H23N3O4. The van der Waals surface area contributed by atoms with E-state index >= 15 is 0 Å². The molecule has 0 saturated carbocycles. The fraction of sp³-hybridized carbons (Fsp3) is 0.125. The van der Waals surface area contributed by atoms with Gasteiger partial charge in [0.15, 0.2) is 11.5 Å². The Morgan fingerprint density at radius 2 is 1.42 bits per heavy atom. The first-order chi connectivity index (χ1) is 15.1. The summed E-state index contributed by atoms with van der Waals surface area (Å²) in [6.45, 7) is 0. The monoisotopic (exact) mass is 417 g/mol. The standard InChI is InChI=1S/C24H23N3O4/c1-29-20-14-15-13-19(27-21(15)23(31-3)22(20)30-2)24(28)26-18-11-9-17(10-12-18)25-16-7-5-4-6-8-16/h4-14,25,27H,1-3H3,(H,26,28). The van der Waals surface area contributed by atoms with Gasteiger partial charge in [0.05, 0.1) is 26.8 Å². The Kier molecular flexibility index (Phi) is 5.66. The molecule has 1 amide bonds. The van der Waals surface area contributed by atoms with Crippen molar-refractivity contribution in [2.45, 2.75) is 0 Å². The number of H-pyrrole nitrogens is 1. The number of ether oxygens (including phenoxy) is 3. The van der Waals surface area contributed by atoms with Gasteiger partial charge in [-0.05, 0) is 48.5 Å². The Hall–Kier alpha value is -4.13. The molecule has 3 aromatic carbocycles. The minimum absolute atomic E-state index is 0.264. The maximum absolute atomic E-state index is 12.8. The predicted molar refractivity (Wildman–Crippen MR) is 122 cm³/mol. The summed E-state index contributed by atoms with van der Waals surface area (Å²) in [5.74, 6) is 1.21. The highest BCUT2D eigenvalue weighted by molar-refractivity contribution is 6.07. The number of carbonyl (C=O) groups is 1. The molecule has 0 aliphatic rings.